The zero-order valence-corrected chi connectivity index (χ0v) is 8.83. The first-order valence-corrected chi connectivity index (χ1v) is 5.07. The van der Waals surface area contributed by atoms with Crippen LogP contribution in [0.3, 0.4) is 0 Å². The van der Waals surface area contributed by atoms with Crippen molar-refractivity contribution < 1.29 is 14.9 Å². The Kier molecular flexibility index (Phi) is 10.1. The van der Waals surface area contributed by atoms with E-state index in [9.17, 15) is 0 Å². The molecule has 0 aliphatic rings. The highest BCUT2D eigenvalue weighted by atomic mass is 16.5. The van der Waals surface area contributed by atoms with E-state index in [-0.39, 0.29) is 6.61 Å². The molecule has 0 heterocycles. The van der Waals surface area contributed by atoms with Crippen molar-refractivity contribution in [2.75, 3.05) is 19.8 Å². The van der Waals surface area contributed by atoms with Crippen LogP contribution >= 0.6 is 0 Å². The van der Waals surface area contributed by atoms with Gasteiger partial charge in [-0.15, -0.1) is 11.8 Å². The molecule has 3 heteroatoms. The third-order valence-corrected chi connectivity index (χ3v) is 1.80. The molecule has 1 unspecified atom stereocenters. The Balaban J connectivity index is 3.01. The predicted octanol–water partition coefficient (Wildman–Crippen LogP) is 0.940. The van der Waals surface area contributed by atoms with Gasteiger partial charge in [-0.25, -0.2) is 0 Å². The van der Waals surface area contributed by atoms with Crippen LogP contribution in [0.25, 0.3) is 0 Å². The van der Waals surface area contributed by atoms with E-state index < -0.39 is 6.10 Å². The fraction of sp³-hybridized carbons (Fsp3) is 0.818. The van der Waals surface area contributed by atoms with Crippen molar-refractivity contribution in [1.82, 2.24) is 0 Å². The summed E-state index contributed by atoms with van der Waals surface area (Å²) in [5, 5.41) is 17.5. The summed E-state index contributed by atoms with van der Waals surface area (Å²) in [5.41, 5.74) is 0. The van der Waals surface area contributed by atoms with Crippen molar-refractivity contribution in [2.45, 2.75) is 38.7 Å². The maximum Gasteiger partial charge on any atom is 0.0771 e. The fourth-order valence-electron chi connectivity index (χ4n) is 1.00. The molecule has 0 bridgehead atoms. The third-order valence-electron chi connectivity index (χ3n) is 1.80. The smallest absolute Gasteiger partial charge is 0.0771 e. The summed E-state index contributed by atoms with van der Waals surface area (Å²) in [5.74, 6) is 5.79. The Morgan fingerprint density at radius 1 is 1.29 bits per heavy atom. The largest absolute Gasteiger partial charge is 0.394 e. The Labute approximate surface area is 86.1 Å². The molecule has 0 aliphatic heterocycles. The van der Waals surface area contributed by atoms with Crippen molar-refractivity contribution in [2.24, 2.45) is 0 Å². The summed E-state index contributed by atoms with van der Waals surface area (Å²) in [7, 11) is 0. The second-order valence-electron chi connectivity index (χ2n) is 3.12. The lowest BCUT2D eigenvalue weighted by atomic mass is 10.2. The molecule has 0 aromatic carbocycles. The van der Waals surface area contributed by atoms with E-state index >= 15 is 0 Å². The van der Waals surface area contributed by atoms with Crippen LogP contribution < -0.4 is 0 Å². The molecule has 0 aromatic heterocycles. The second-order valence-corrected chi connectivity index (χ2v) is 3.12. The molecule has 82 valence electrons. The van der Waals surface area contributed by atoms with Gasteiger partial charge in [0.2, 0.25) is 0 Å². The maximum absolute atomic E-state index is 9.01. The van der Waals surface area contributed by atoms with Crippen LogP contribution in [0.4, 0.5) is 0 Å². The first-order chi connectivity index (χ1) is 6.81. The van der Waals surface area contributed by atoms with Crippen molar-refractivity contribution in [3.8, 4) is 11.8 Å². The van der Waals surface area contributed by atoms with Crippen LogP contribution in [0, 0.1) is 11.8 Å². The van der Waals surface area contributed by atoms with Gasteiger partial charge in [0.1, 0.15) is 0 Å². The van der Waals surface area contributed by atoms with E-state index in [1.807, 2.05) is 6.92 Å². The molecule has 3 nitrogen and oxygen atoms in total. The van der Waals surface area contributed by atoms with Gasteiger partial charge in [0.05, 0.1) is 12.7 Å². The molecule has 0 amide bonds. The van der Waals surface area contributed by atoms with Crippen LogP contribution in [0.2, 0.25) is 0 Å². The highest BCUT2D eigenvalue weighted by molar-refractivity contribution is 4.94. The van der Waals surface area contributed by atoms with Gasteiger partial charge in [0, 0.05) is 19.6 Å². The van der Waals surface area contributed by atoms with Crippen LogP contribution in [0.1, 0.15) is 32.6 Å². The minimum Gasteiger partial charge on any atom is -0.394 e. The molecule has 0 saturated carbocycles. The molecular formula is C11H20O3. The summed E-state index contributed by atoms with van der Waals surface area (Å²) in [4.78, 5) is 0. The standard InChI is InChI=1S/C11H20O3/c1-2-3-4-5-8-14-9-6-7-11(13)10-12/h11-13H,4-10H2,1H3. The zero-order chi connectivity index (χ0) is 10.6. The van der Waals surface area contributed by atoms with Gasteiger partial charge in [0.15, 0.2) is 0 Å². The van der Waals surface area contributed by atoms with E-state index in [4.69, 9.17) is 14.9 Å². The lowest BCUT2D eigenvalue weighted by molar-refractivity contribution is 0.0699. The van der Waals surface area contributed by atoms with Crippen molar-refractivity contribution in [1.29, 1.82) is 0 Å². The SMILES string of the molecule is CC#CCCCOCCCC(O)CO. The number of unbranched alkanes of at least 4 members (excludes halogenated alkanes) is 1. The van der Waals surface area contributed by atoms with Gasteiger partial charge in [-0.05, 0) is 26.2 Å². The molecule has 0 fully saturated rings. The first kappa shape index (κ1) is 13.4. The molecule has 14 heavy (non-hydrogen) atoms. The van der Waals surface area contributed by atoms with E-state index in [1.54, 1.807) is 0 Å². The summed E-state index contributed by atoms with van der Waals surface area (Å²) in [6, 6.07) is 0. The molecular weight excluding hydrogens is 180 g/mol. The quantitative estimate of drug-likeness (QED) is 0.453. The second kappa shape index (κ2) is 10.5. The predicted molar refractivity (Wildman–Crippen MR) is 55.8 cm³/mol. The fourth-order valence-corrected chi connectivity index (χ4v) is 1.00. The molecule has 0 spiro atoms. The minimum atomic E-state index is -0.593. The molecule has 2 N–H and O–H groups in total. The van der Waals surface area contributed by atoms with Gasteiger partial charge in [0.25, 0.3) is 0 Å². The molecule has 0 aromatic rings. The van der Waals surface area contributed by atoms with E-state index in [1.165, 1.54) is 0 Å². The van der Waals surface area contributed by atoms with Crippen molar-refractivity contribution >= 4 is 0 Å². The monoisotopic (exact) mass is 200 g/mol. The van der Waals surface area contributed by atoms with Gasteiger partial charge in [-0.2, -0.15) is 0 Å². The van der Waals surface area contributed by atoms with Crippen molar-refractivity contribution in [3.63, 3.8) is 0 Å². The highest BCUT2D eigenvalue weighted by Crippen LogP contribution is 1.97. The van der Waals surface area contributed by atoms with Crippen molar-refractivity contribution in [3.05, 3.63) is 0 Å². The van der Waals surface area contributed by atoms with E-state index in [0.717, 1.165) is 25.9 Å². The summed E-state index contributed by atoms with van der Waals surface area (Å²) in [6.45, 7) is 3.05. The lowest BCUT2D eigenvalue weighted by Crippen LogP contribution is -2.12. The van der Waals surface area contributed by atoms with Gasteiger partial charge < -0.3 is 14.9 Å². The van der Waals surface area contributed by atoms with Crippen LogP contribution in [-0.4, -0.2) is 36.1 Å². The number of rotatable bonds is 8. The molecule has 1 atom stereocenters. The first-order valence-electron chi connectivity index (χ1n) is 5.07. The topological polar surface area (TPSA) is 49.7 Å². The lowest BCUT2D eigenvalue weighted by Gasteiger charge is -2.06. The normalized spacial score (nSPS) is 11.9. The number of ether oxygens (including phenoxy) is 1. The molecule has 0 saturated heterocycles. The Morgan fingerprint density at radius 2 is 2.00 bits per heavy atom. The van der Waals surface area contributed by atoms with Crippen LogP contribution in [-0.2, 0) is 4.74 Å². The van der Waals surface area contributed by atoms with E-state index in [2.05, 4.69) is 11.8 Å². The van der Waals surface area contributed by atoms with Gasteiger partial charge >= 0.3 is 0 Å². The minimum absolute atomic E-state index is 0.161. The molecule has 0 rings (SSSR count). The summed E-state index contributed by atoms with van der Waals surface area (Å²) in [6.07, 6.45) is 2.65. The summed E-state index contributed by atoms with van der Waals surface area (Å²) >= 11 is 0. The number of hydrogen-bond acceptors (Lipinski definition) is 3. The van der Waals surface area contributed by atoms with E-state index in [0.29, 0.717) is 13.0 Å². The molecule has 0 radical (unpaired) electrons. The number of aliphatic hydroxyl groups is 2. The Hall–Kier alpha value is -0.560. The van der Waals surface area contributed by atoms with Crippen LogP contribution in [0.15, 0.2) is 0 Å². The van der Waals surface area contributed by atoms with Gasteiger partial charge in [-0.3, -0.25) is 0 Å². The van der Waals surface area contributed by atoms with Crippen LogP contribution in [0.5, 0.6) is 0 Å². The maximum atomic E-state index is 9.01. The summed E-state index contributed by atoms with van der Waals surface area (Å²) < 4.78 is 5.31. The third kappa shape index (κ3) is 9.53. The zero-order valence-electron chi connectivity index (χ0n) is 8.83. The average molecular weight is 200 g/mol. The average Bonchev–Trinajstić information content (AvgIpc) is 2.21. The Bertz CT molecular complexity index is 169. The van der Waals surface area contributed by atoms with Gasteiger partial charge in [-0.1, -0.05) is 0 Å². The Morgan fingerprint density at radius 3 is 2.64 bits per heavy atom. The number of hydrogen-bond donors (Lipinski definition) is 2. The number of aliphatic hydroxyl groups excluding tert-OH is 2. The highest BCUT2D eigenvalue weighted by Gasteiger charge is 2.00. The molecule has 0 aliphatic carbocycles.